The summed E-state index contributed by atoms with van der Waals surface area (Å²) in [4.78, 5) is 22.2. The third-order valence-electron chi connectivity index (χ3n) is 6.38. The van der Waals surface area contributed by atoms with Crippen LogP contribution in [-0.4, -0.2) is 59.8 Å². The molecule has 2 saturated heterocycles. The highest BCUT2D eigenvalue weighted by atomic mass is 35.5. The van der Waals surface area contributed by atoms with Gasteiger partial charge in [0.15, 0.2) is 0 Å². The van der Waals surface area contributed by atoms with Crippen molar-refractivity contribution in [3.8, 4) is 0 Å². The normalized spacial score (nSPS) is 20.1. The molecule has 3 heterocycles. The number of anilines is 1. The van der Waals surface area contributed by atoms with Crippen molar-refractivity contribution in [2.75, 3.05) is 44.3 Å². The highest BCUT2D eigenvalue weighted by molar-refractivity contribution is 6.31. The summed E-state index contributed by atoms with van der Waals surface area (Å²) in [7, 11) is 0. The molecule has 31 heavy (non-hydrogen) atoms. The van der Waals surface area contributed by atoms with Crippen molar-refractivity contribution in [3.05, 3.63) is 58.9 Å². The number of hydrogen-bond acceptors (Lipinski definition) is 4. The molecule has 0 aliphatic carbocycles. The summed E-state index contributed by atoms with van der Waals surface area (Å²) >= 11 is 6.32. The van der Waals surface area contributed by atoms with Crippen molar-refractivity contribution >= 4 is 34.2 Å². The highest BCUT2D eigenvalue weighted by Crippen LogP contribution is 2.34. The Morgan fingerprint density at radius 2 is 1.94 bits per heavy atom. The molecule has 0 saturated carbocycles. The summed E-state index contributed by atoms with van der Waals surface area (Å²) in [6.45, 7) is 7.92. The number of nitrogens with zero attached hydrogens (tertiary/aromatic N) is 4. The van der Waals surface area contributed by atoms with Crippen LogP contribution in [0.1, 0.15) is 23.7 Å². The van der Waals surface area contributed by atoms with Crippen LogP contribution in [0.2, 0.25) is 5.02 Å². The first-order valence-corrected chi connectivity index (χ1v) is 11.3. The smallest absolute Gasteiger partial charge is 0.227 e. The standard InChI is InChI=1S/C24H27ClN4O2/c1-17-6-7-19(15-20(17)25)29-16-18(14-23(29)30)24-26-21-4-2-3-5-22(21)28(24)9-8-27-10-12-31-13-11-27/h2-7,15,18H,8-14,16H2,1H3/t18-/m1/s1. The first kappa shape index (κ1) is 20.5. The van der Waals surface area contributed by atoms with Gasteiger partial charge in [0.1, 0.15) is 5.82 Å². The van der Waals surface area contributed by atoms with Crippen LogP contribution in [0.15, 0.2) is 42.5 Å². The Hall–Kier alpha value is -2.41. The van der Waals surface area contributed by atoms with Crippen molar-refractivity contribution in [2.24, 2.45) is 0 Å². The van der Waals surface area contributed by atoms with Gasteiger partial charge in [-0.05, 0) is 36.8 Å². The van der Waals surface area contributed by atoms with Gasteiger partial charge in [0.25, 0.3) is 0 Å². The molecule has 6 nitrogen and oxygen atoms in total. The minimum atomic E-state index is 0.0599. The Balaban J connectivity index is 1.42. The Morgan fingerprint density at radius 3 is 2.74 bits per heavy atom. The van der Waals surface area contributed by atoms with E-state index in [1.807, 2.05) is 36.1 Å². The summed E-state index contributed by atoms with van der Waals surface area (Å²) in [5.74, 6) is 1.19. The number of carbonyl (C=O) groups is 1. The van der Waals surface area contributed by atoms with Crippen LogP contribution in [0, 0.1) is 6.92 Å². The Morgan fingerprint density at radius 1 is 1.13 bits per heavy atom. The molecule has 2 aliphatic rings. The fourth-order valence-corrected chi connectivity index (χ4v) is 4.76. The fraction of sp³-hybridized carbons (Fsp3) is 0.417. The lowest BCUT2D eigenvalue weighted by Crippen LogP contribution is -2.38. The number of carbonyl (C=O) groups excluding carboxylic acids is 1. The van der Waals surface area contributed by atoms with Gasteiger partial charge in [-0.15, -0.1) is 0 Å². The van der Waals surface area contributed by atoms with Gasteiger partial charge in [0, 0.05) is 55.8 Å². The number of halogens is 1. The number of imidazole rings is 1. The molecular formula is C24H27ClN4O2. The first-order valence-electron chi connectivity index (χ1n) is 10.9. The van der Waals surface area contributed by atoms with E-state index >= 15 is 0 Å². The van der Waals surface area contributed by atoms with Crippen LogP contribution in [-0.2, 0) is 16.1 Å². The van der Waals surface area contributed by atoms with E-state index < -0.39 is 0 Å². The maximum atomic E-state index is 12.9. The average Bonchev–Trinajstić information content (AvgIpc) is 3.35. The van der Waals surface area contributed by atoms with Crippen molar-refractivity contribution in [3.63, 3.8) is 0 Å². The van der Waals surface area contributed by atoms with Gasteiger partial charge >= 0.3 is 0 Å². The Bertz CT molecular complexity index is 1110. The lowest BCUT2D eigenvalue weighted by Gasteiger charge is -2.27. The number of aryl methyl sites for hydroxylation is 1. The molecule has 0 radical (unpaired) electrons. The topological polar surface area (TPSA) is 50.6 Å². The van der Waals surface area contributed by atoms with Crippen molar-refractivity contribution in [1.82, 2.24) is 14.5 Å². The summed E-state index contributed by atoms with van der Waals surface area (Å²) in [6.07, 6.45) is 0.465. The number of para-hydroxylation sites is 2. The zero-order chi connectivity index (χ0) is 21.4. The molecule has 0 bridgehead atoms. The van der Waals surface area contributed by atoms with Crippen LogP contribution in [0.3, 0.4) is 0 Å². The molecule has 0 spiro atoms. The highest BCUT2D eigenvalue weighted by Gasteiger charge is 2.35. The van der Waals surface area contributed by atoms with E-state index in [4.69, 9.17) is 21.3 Å². The number of benzene rings is 2. The van der Waals surface area contributed by atoms with E-state index in [0.717, 1.165) is 67.5 Å². The minimum Gasteiger partial charge on any atom is -0.379 e. The second-order valence-electron chi connectivity index (χ2n) is 8.40. The molecule has 2 aliphatic heterocycles. The van der Waals surface area contributed by atoms with Crippen LogP contribution in [0.25, 0.3) is 11.0 Å². The second kappa shape index (κ2) is 8.61. The van der Waals surface area contributed by atoms with Gasteiger partial charge < -0.3 is 14.2 Å². The molecule has 162 valence electrons. The van der Waals surface area contributed by atoms with E-state index in [1.54, 1.807) is 0 Å². The summed E-state index contributed by atoms with van der Waals surface area (Å²) < 4.78 is 7.79. The number of aromatic nitrogens is 2. The first-order chi connectivity index (χ1) is 15.1. The van der Waals surface area contributed by atoms with Gasteiger partial charge in [-0.3, -0.25) is 9.69 Å². The molecule has 2 fully saturated rings. The molecule has 0 N–H and O–H groups in total. The number of morpholine rings is 1. The summed E-state index contributed by atoms with van der Waals surface area (Å²) in [6, 6.07) is 14.1. The summed E-state index contributed by atoms with van der Waals surface area (Å²) in [5, 5.41) is 0.687. The maximum absolute atomic E-state index is 12.9. The maximum Gasteiger partial charge on any atom is 0.227 e. The number of amides is 1. The van der Waals surface area contributed by atoms with E-state index in [-0.39, 0.29) is 11.8 Å². The molecule has 0 unspecified atom stereocenters. The monoisotopic (exact) mass is 438 g/mol. The number of fused-ring (bicyclic) bond motifs is 1. The van der Waals surface area contributed by atoms with E-state index in [2.05, 4.69) is 27.7 Å². The average molecular weight is 439 g/mol. The molecule has 1 amide bonds. The fourth-order valence-electron chi connectivity index (χ4n) is 4.59. The van der Waals surface area contributed by atoms with Crippen LogP contribution in [0.5, 0.6) is 0 Å². The predicted molar refractivity (Wildman–Crippen MR) is 123 cm³/mol. The Labute approximate surface area is 187 Å². The van der Waals surface area contributed by atoms with Gasteiger partial charge in [-0.2, -0.15) is 0 Å². The van der Waals surface area contributed by atoms with Crippen molar-refractivity contribution < 1.29 is 9.53 Å². The molecule has 5 rings (SSSR count). The van der Waals surface area contributed by atoms with Gasteiger partial charge in [-0.1, -0.05) is 29.8 Å². The number of hydrogen-bond donors (Lipinski definition) is 0. The molecule has 1 aromatic heterocycles. The van der Waals surface area contributed by atoms with Crippen LogP contribution < -0.4 is 4.90 Å². The van der Waals surface area contributed by atoms with Crippen molar-refractivity contribution in [2.45, 2.75) is 25.8 Å². The molecular weight excluding hydrogens is 412 g/mol. The third-order valence-corrected chi connectivity index (χ3v) is 6.79. The molecule has 3 aromatic rings. The van der Waals surface area contributed by atoms with E-state index in [9.17, 15) is 4.79 Å². The molecule has 7 heteroatoms. The van der Waals surface area contributed by atoms with E-state index in [0.29, 0.717) is 18.0 Å². The van der Waals surface area contributed by atoms with Gasteiger partial charge in [0.05, 0.1) is 24.2 Å². The van der Waals surface area contributed by atoms with Crippen LogP contribution >= 0.6 is 11.6 Å². The quantitative estimate of drug-likeness (QED) is 0.607. The predicted octanol–water partition coefficient (Wildman–Crippen LogP) is 3.85. The summed E-state index contributed by atoms with van der Waals surface area (Å²) in [5.41, 5.74) is 4.00. The number of rotatable bonds is 5. The lowest BCUT2D eigenvalue weighted by molar-refractivity contribution is -0.117. The third kappa shape index (κ3) is 4.07. The minimum absolute atomic E-state index is 0.0599. The van der Waals surface area contributed by atoms with Crippen LogP contribution in [0.4, 0.5) is 5.69 Å². The van der Waals surface area contributed by atoms with Crippen molar-refractivity contribution in [1.29, 1.82) is 0 Å². The molecule has 1 atom stereocenters. The van der Waals surface area contributed by atoms with E-state index in [1.165, 1.54) is 0 Å². The lowest BCUT2D eigenvalue weighted by atomic mass is 10.1. The zero-order valence-corrected chi connectivity index (χ0v) is 18.5. The second-order valence-corrected chi connectivity index (χ2v) is 8.81. The largest absolute Gasteiger partial charge is 0.379 e. The number of ether oxygens (including phenoxy) is 1. The van der Waals surface area contributed by atoms with Gasteiger partial charge in [0.2, 0.25) is 5.91 Å². The Kier molecular flexibility index (Phi) is 5.69. The van der Waals surface area contributed by atoms with Gasteiger partial charge in [-0.25, -0.2) is 4.98 Å². The SMILES string of the molecule is Cc1ccc(N2C[C@H](c3nc4ccccc4n3CCN3CCOCC3)CC2=O)cc1Cl. The molecule has 2 aromatic carbocycles. The zero-order valence-electron chi connectivity index (χ0n) is 17.8.